The van der Waals surface area contributed by atoms with Crippen LogP contribution in [0.25, 0.3) is 87.3 Å². The van der Waals surface area contributed by atoms with E-state index in [2.05, 4.69) is 82.8 Å². The molecule has 0 saturated carbocycles. The normalized spacial score (nSPS) is 12.0. The Bertz CT molecular complexity index is 2250. The maximum absolute atomic E-state index is 5.82. The van der Waals surface area contributed by atoms with Crippen molar-refractivity contribution in [2.24, 2.45) is 0 Å². The molecule has 186 valence electrons. The fourth-order valence-electron chi connectivity index (χ4n) is 6.41. The van der Waals surface area contributed by atoms with Gasteiger partial charge in [-0.2, -0.15) is 0 Å². The Morgan fingerprint density at radius 1 is 0.450 bits per heavy atom. The second-order valence-electron chi connectivity index (χ2n) is 10.3. The van der Waals surface area contributed by atoms with Gasteiger partial charge in [-0.3, -0.25) is 9.97 Å². The number of benzene rings is 5. The zero-order valence-corrected chi connectivity index (χ0v) is 21.3. The van der Waals surface area contributed by atoms with Gasteiger partial charge in [0, 0.05) is 57.5 Å². The SMILES string of the molecule is c1cncc(-c2cc3cc4cc(-c5cccnc5)c5c6ccoc6ccc5c4cc3c3ccc4occc4c23)c1. The summed E-state index contributed by atoms with van der Waals surface area (Å²) in [6.45, 7) is 0. The predicted molar refractivity (Wildman–Crippen MR) is 162 cm³/mol. The average Bonchev–Trinajstić information content (AvgIpc) is 3.70. The monoisotopic (exact) mass is 512 g/mol. The van der Waals surface area contributed by atoms with Gasteiger partial charge >= 0.3 is 0 Å². The minimum atomic E-state index is 0.881. The van der Waals surface area contributed by atoms with E-state index in [1.54, 1.807) is 12.5 Å². The van der Waals surface area contributed by atoms with E-state index in [0.717, 1.165) is 44.2 Å². The Morgan fingerprint density at radius 2 is 0.975 bits per heavy atom. The van der Waals surface area contributed by atoms with Gasteiger partial charge in [-0.25, -0.2) is 0 Å². The third kappa shape index (κ3) is 2.96. The second-order valence-corrected chi connectivity index (χ2v) is 10.3. The van der Waals surface area contributed by atoms with Crippen LogP contribution in [0.15, 0.2) is 131 Å². The summed E-state index contributed by atoms with van der Waals surface area (Å²) < 4.78 is 11.6. The summed E-state index contributed by atoms with van der Waals surface area (Å²) in [4.78, 5) is 8.86. The van der Waals surface area contributed by atoms with Crippen LogP contribution in [-0.2, 0) is 0 Å². The molecule has 0 amide bonds. The molecule has 0 bridgehead atoms. The molecule has 4 nitrogen and oxygen atoms in total. The highest BCUT2D eigenvalue weighted by Crippen LogP contribution is 2.44. The van der Waals surface area contributed by atoms with Crippen LogP contribution >= 0.6 is 0 Å². The van der Waals surface area contributed by atoms with E-state index < -0.39 is 0 Å². The van der Waals surface area contributed by atoms with E-state index >= 15 is 0 Å². The lowest BCUT2D eigenvalue weighted by Gasteiger charge is -2.16. The Hall–Kier alpha value is -5.48. The van der Waals surface area contributed by atoms with Gasteiger partial charge in [0.25, 0.3) is 0 Å². The smallest absolute Gasteiger partial charge is 0.134 e. The third-order valence-corrected chi connectivity index (χ3v) is 8.16. The minimum Gasteiger partial charge on any atom is -0.464 e. The number of hydrogen-bond acceptors (Lipinski definition) is 4. The summed E-state index contributed by atoms with van der Waals surface area (Å²) in [5, 5.41) is 11.7. The van der Waals surface area contributed by atoms with Gasteiger partial charge < -0.3 is 8.83 Å². The van der Waals surface area contributed by atoms with Crippen molar-refractivity contribution in [3.05, 3.63) is 122 Å². The zero-order valence-electron chi connectivity index (χ0n) is 21.3. The van der Waals surface area contributed by atoms with Crippen LogP contribution in [-0.4, -0.2) is 9.97 Å². The van der Waals surface area contributed by atoms with Crippen LogP contribution in [0.4, 0.5) is 0 Å². The lowest BCUT2D eigenvalue weighted by atomic mass is 9.88. The molecule has 0 spiro atoms. The molecule has 40 heavy (non-hydrogen) atoms. The first-order chi connectivity index (χ1) is 19.8. The molecule has 0 saturated heterocycles. The quantitative estimate of drug-likeness (QED) is 0.171. The molecule has 0 fully saturated rings. The van der Waals surface area contributed by atoms with Gasteiger partial charge in [-0.15, -0.1) is 0 Å². The minimum absolute atomic E-state index is 0.881. The molecule has 5 aromatic carbocycles. The maximum Gasteiger partial charge on any atom is 0.134 e. The van der Waals surface area contributed by atoms with Gasteiger partial charge in [0.2, 0.25) is 0 Å². The molecule has 0 N–H and O–H groups in total. The standard InChI is InChI=1S/C36H20N2O2/c1-3-21(19-37-11-1)31-16-23-15-24-17-32(22-4-2-12-38-20-22)36-26(6-8-34-28(36)10-14-40-34)30(24)18-29(23)25-5-7-33-27(35(25)31)9-13-39-33/h1-20H. The van der Waals surface area contributed by atoms with Crippen molar-refractivity contribution in [1.29, 1.82) is 0 Å². The molecule has 0 radical (unpaired) electrons. The van der Waals surface area contributed by atoms with Gasteiger partial charge in [-0.1, -0.05) is 12.1 Å². The molecule has 4 aromatic heterocycles. The van der Waals surface area contributed by atoms with Crippen molar-refractivity contribution >= 4 is 65.0 Å². The molecule has 0 aliphatic heterocycles. The van der Waals surface area contributed by atoms with E-state index in [1.165, 1.54) is 43.1 Å². The molecule has 0 atom stereocenters. The van der Waals surface area contributed by atoms with Crippen molar-refractivity contribution in [3.63, 3.8) is 0 Å². The van der Waals surface area contributed by atoms with Crippen molar-refractivity contribution in [3.8, 4) is 22.3 Å². The molecular formula is C36H20N2O2. The van der Waals surface area contributed by atoms with Gasteiger partial charge in [0.05, 0.1) is 12.5 Å². The number of aromatic nitrogens is 2. The van der Waals surface area contributed by atoms with E-state index in [0.29, 0.717) is 0 Å². The van der Waals surface area contributed by atoms with E-state index in [-0.39, 0.29) is 0 Å². The summed E-state index contributed by atoms with van der Waals surface area (Å²) in [6, 6.07) is 30.2. The summed E-state index contributed by atoms with van der Waals surface area (Å²) in [6.07, 6.45) is 11.0. The topological polar surface area (TPSA) is 52.1 Å². The summed E-state index contributed by atoms with van der Waals surface area (Å²) in [5.74, 6) is 0. The highest BCUT2D eigenvalue weighted by atomic mass is 16.3. The van der Waals surface area contributed by atoms with Crippen LogP contribution in [0.1, 0.15) is 0 Å². The van der Waals surface area contributed by atoms with Crippen LogP contribution in [0.5, 0.6) is 0 Å². The molecule has 4 heteroatoms. The molecule has 4 heterocycles. The summed E-state index contributed by atoms with van der Waals surface area (Å²) in [5.41, 5.74) is 6.23. The lowest BCUT2D eigenvalue weighted by molar-refractivity contribution is 0.616. The van der Waals surface area contributed by atoms with Crippen molar-refractivity contribution < 1.29 is 8.83 Å². The van der Waals surface area contributed by atoms with Crippen molar-refractivity contribution in [2.75, 3.05) is 0 Å². The Kier molecular flexibility index (Phi) is 4.30. The zero-order chi connectivity index (χ0) is 26.2. The number of hydrogen-bond donors (Lipinski definition) is 0. The first-order valence-corrected chi connectivity index (χ1v) is 13.3. The highest BCUT2D eigenvalue weighted by Gasteiger charge is 2.17. The first-order valence-electron chi connectivity index (χ1n) is 13.3. The maximum atomic E-state index is 5.82. The average molecular weight is 513 g/mol. The van der Waals surface area contributed by atoms with Crippen LogP contribution in [0, 0.1) is 0 Å². The number of furan rings is 2. The van der Waals surface area contributed by atoms with Gasteiger partial charge in [0.1, 0.15) is 11.2 Å². The largest absolute Gasteiger partial charge is 0.464 e. The van der Waals surface area contributed by atoms with E-state index in [1.807, 2.05) is 36.9 Å². The molecule has 0 unspecified atom stereocenters. The highest BCUT2D eigenvalue weighted by molar-refractivity contribution is 6.28. The van der Waals surface area contributed by atoms with Gasteiger partial charge in [-0.05, 0) is 116 Å². The fourth-order valence-corrected chi connectivity index (χ4v) is 6.41. The Morgan fingerprint density at radius 3 is 1.45 bits per heavy atom. The first kappa shape index (κ1) is 21.5. The molecule has 0 aliphatic rings. The number of pyridine rings is 2. The summed E-state index contributed by atoms with van der Waals surface area (Å²) in [7, 11) is 0. The number of rotatable bonds is 2. The number of nitrogens with zero attached hydrogens (tertiary/aromatic N) is 2. The number of fused-ring (bicyclic) bond motifs is 10. The van der Waals surface area contributed by atoms with Crippen molar-refractivity contribution in [1.82, 2.24) is 9.97 Å². The van der Waals surface area contributed by atoms with Crippen LogP contribution < -0.4 is 0 Å². The van der Waals surface area contributed by atoms with E-state index in [4.69, 9.17) is 8.83 Å². The van der Waals surface area contributed by atoms with E-state index in [9.17, 15) is 0 Å². The molecule has 0 aliphatic carbocycles. The predicted octanol–water partition coefficient (Wildman–Crippen LogP) is 9.92. The summed E-state index contributed by atoms with van der Waals surface area (Å²) >= 11 is 0. The Balaban J connectivity index is 1.48. The fraction of sp³-hybridized carbons (Fsp3) is 0. The lowest BCUT2D eigenvalue weighted by Crippen LogP contribution is -1.89. The van der Waals surface area contributed by atoms with Crippen LogP contribution in [0.2, 0.25) is 0 Å². The molecule has 9 rings (SSSR count). The third-order valence-electron chi connectivity index (χ3n) is 8.16. The van der Waals surface area contributed by atoms with Crippen LogP contribution in [0.3, 0.4) is 0 Å². The van der Waals surface area contributed by atoms with Gasteiger partial charge in [0.15, 0.2) is 0 Å². The van der Waals surface area contributed by atoms with Crippen molar-refractivity contribution in [2.45, 2.75) is 0 Å². The second kappa shape index (κ2) is 8.01. The Labute approximate surface area is 228 Å². The molecular weight excluding hydrogens is 492 g/mol. The molecule has 9 aromatic rings.